The minimum Gasteiger partial charge on any atom is -0.494 e. The van der Waals surface area contributed by atoms with Crippen LogP contribution in [0.4, 0.5) is 5.69 Å². The zero-order valence-electron chi connectivity index (χ0n) is 16.0. The number of aliphatic carboxylic acids is 1. The van der Waals surface area contributed by atoms with Gasteiger partial charge >= 0.3 is 5.97 Å². The summed E-state index contributed by atoms with van der Waals surface area (Å²) in [5.74, 6) is 0.256. The minimum atomic E-state index is -0.924. The fourth-order valence-corrected chi connectivity index (χ4v) is 2.57. The molecule has 3 N–H and O–H groups in total. The number of carboxylic acid groups (broad SMARTS) is 1. The molecule has 6 nitrogen and oxygen atoms in total. The minimum absolute atomic E-state index is 0.130. The molecule has 6 heteroatoms. The van der Waals surface area contributed by atoms with Crippen molar-refractivity contribution in [2.24, 2.45) is 0 Å². The third-order valence-electron chi connectivity index (χ3n) is 3.91. The maximum absolute atomic E-state index is 10.8. The van der Waals surface area contributed by atoms with Gasteiger partial charge in [-0.15, -0.1) is 0 Å². The zero-order valence-corrected chi connectivity index (χ0v) is 16.0. The van der Waals surface area contributed by atoms with Gasteiger partial charge in [0, 0.05) is 18.1 Å². The SMILES string of the molecule is C=C(CC(=O)O)c1cc(OC)c(-n2cccc2)c(OC)c1.Nc1ccccc1. The standard InChI is InChI=1S/C16H17NO4.C6H7N/c1-11(8-15(18)19)12-9-13(20-2)16(14(10-12)21-3)17-6-4-5-7-17;7-6-4-2-1-3-5-6/h4-7,9-10H,1,8H2,2-3H3,(H,18,19);1-5H,7H2. The summed E-state index contributed by atoms with van der Waals surface area (Å²) >= 11 is 0. The molecule has 2 aromatic carbocycles. The highest BCUT2D eigenvalue weighted by atomic mass is 16.5. The molecule has 1 aromatic heterocycles. The summed E-state index contributed by atoms with van der Waals surface area (Å²) in [6.45, 7) is 3.81. The van der Waals surface area contributed by atoms with Gasteiger partial charge in [0.2, 0.25) is 0 Å². The molecule has 3 aromatic rings. The molecule has 0 atom stereocenters. The lowest BCUT2D eigenvalue weighted by atomic mass is 10.0. The fraction of sp³-hybridized carbons (Fsp3) is 0.136. The van der Waals surface area contributed by atoms with Crippen LogP contribution in [0.2, 0.25) is 0 Å². The van der Waals surface area contributed by atoms with Crippen molar-refractivity contribution < 1.29 is 19.4 Å². The lowest BCUT2D eigenvalue weighted by Gasteiger charge is -2.16. The lowest BCUT2D eigenvalue weighted by molar-refractivity contribution is -0.135. The van der Waals surface area contributed by atoms with Crippen LogP contribution in [0, 0.1) is 0 Å². The Hall–Kier alpha value is -3.67. The van der Waals surface area contributed by atoms with E-state index in [9.17, 15) is 4.79 Å². The Morgan fingerprint density at radius 3 is 1.96 bits per heavy atom. The Kier molecular flexibility index (Phi) is 7.28. The molecular weight excluding hydrogens is 356 g/mol. The van der Waals surface area contributed by atoms with Crippen molar-refractivity contribution in [3.63, 3.8) is 0 Å². The van der Waals surface area contributed by atoms with E-state index in [-0.39, 0.29) is 6.42 Å². The first-order valence-corrected chi connectivity index (χ1v) is 8.56. The number of nitrogens with zero attached hydrogens (tertiary/aromatic N) is 1. The van der Waals surface area contributed by atoms with Gasteiger partial charge in [-0.3, -0.25) is 4.79 Å². The number of hydrogen-bond acceptors (Lipinski definition) is 4. The predicted molar refractivity (Wildman–Crippen MR) is 111 cm³/mol. The topological polar surface area (TPSA) is 86.7 Å². The van der Waals surface area contributed by atoms with E-state index in [0.717, 1.165) is 11.4 Å². The molecule has 0 fully saturated rings. The number of ether oxygens (including phenoxy) is 2. The first kappa shape index (κ1) is 20.6. The Morgan fingerprint density at radius 2 is 1.57 bits per heavy atom. The largest absolute Gasteiger partial charge is 0.494 e. The lowest BCUT2D eigenvalue weighted by Crippen LogP contribution is -2.02. The van der Waals surface area contributed by atoms with Gasteiger partial charge in [-0.1, -0.05) is 24.8 Å². The number of carbonyl (C=O) groups is 1. The van der Waals surface area contributed by atoms with Crippen LogP contribution in [0.15, 0.2) is 73.6 Å². The summed E-state index contributed by atoms with van der Waals surface area (Å²) in [5, 5.41) is 8.88. The van der Waals surface area contributed by atoms with Crippen LogP contribution in [-0.4, -0.2) is 29.9 Å². The van der Waals surface area contributed by atoms with Crippen molar-refractivity contribution in [1.29, 1.82) is 0 Å². The molecule has 0 aliphatic carbocycles. The third kappa shape index (κ3) is 5.41. The van der Waals surface area contributed by atoms with Crippen molar-refractivity contribution in [3.05, 3.63) is 79.1 Å². The highest BCUT2D eigenvalue weighted by Gasteiger charge is 2.16. The molecule has 0 radical (unpaired) electrons. The van der Waals surface area contributed by atoms with Gasteiger partial charge in [-0.25, -0.2) is 0 Å². The maximum Gasteiger partial charge on any atom is 0.307 e. The molecule has 3 rings (SSSR count). The second kappa shape index (κ2) is 9.87. The van der Waals surface area contributed by atoms with Gasteiger partial charge < -0.3 is 24.9 Å². The number of hydrogen-bond donors (Lipinski definition) is 2. The third-order valence-corrected chi connectivity index (χ3v) is 3.91. The van der Waals surface area contributed by atoms with Gasteiger partial charge in [0.15, 0.2) is 0 Å². The first-order valence-electron chi connectivity index (χ1n) is 8.56. The average molecular weight is 380 g/mol. The van der Waals surface area contributed by atoms with E-state index in [1.807, 2.05) is 59.4 Å². The van der Waals surface area contributed by atoms with Gasteiger partial charge in [0.1, 0.15) is 17.2 Å². The Bertz CT molecular complexity index is 894. The van der Waals surface area contributed by atoms with Crippen LogP contribution < -0.4 is 15.2 Å². The monoisotopic (exact) mass is 380 g/mol. The van der Waals surface area contributed by atoms with Crippen molar-refractivity contribution in [2.45, 2.75) is 6.42 Å². The highest BCUT2D eigenvalue weighted by molar-refractivity contribution is 5.84. The second-order valence-electron chi connectivity index (χ2n) is 5.90. The maximum atomic E-state index is 10.8. The second-order valence-corrected chi connectivity index (χ2v) is 5.90. The molecule has 0 aliphatic heterocycles. The Labute approximate surface area is 164 Å². The van der Waals surface area contributed by atoms with Crippen molar-refractivity contribution in [2.75, 3.05) is 20.0 Å². The number of benzene rings is 2. The molecule has 0 saturated heterocycles. The quantitative estimate of drug-likeness (QED) is 0.624. The number of nitrogens with two attached hydrogens (primary N) is 1. The summed E-state index contributed by atoms with van der Waals surface area (Å²) in [6, 6.07) is 16.8. The Balaban J connectivity index is 0.000000336. The van der Waals surface area contributed by atoms with Crippen molar-refractivity contribution >= 4 is 17.2 Å². The molecule has 0 aliphatic rings. The number of nitrogen functional groups attached to an aromatic ring is 1. The molecule has 1 heterocycles. The van der Waals surface area contributed by atoms with E-state index in [1.54, 1.807) is 26.4 Å². The van der Waals surface area contributed by atoms with Gasteiger partial charge in [0.25, 0.3) is 0 Å². The molecule has 28 heavy (non-hydrogen) atoms. The van der Waals surface area contributed by atoms with E-state index >= 15 is 0 Å². The Morgan fingerprint density at radius 1 is 1.04 bits per heavy atom. The summed E-state index contributed by atoms with van der Waals surface area (Å²) < 4.78 is 12.7. The predicted octanol–water partition coefficient (Wildman–Crippen LogP) is 4.25. The van der Waals surface area contributed by atoms with Crippen LogP contribution in [0.25, 0.3) is 11.3 Å². The first-order chi connectivity index (χ1) is 13.5. The highest BCUT2D eigenvalue weighted by Crippen LogP contribution is 2.36. The summed E-state index contributed by atoms with van der Waals surface area (Å²) in [6.07, 6.45) is 3.63. The smallest absolute Gasteiger partial charge is 0.307 e. The molecule has 0 unspecified atom stereocenters. The average Bonchev–Trinajstić information content (AvgIpc) is 3.21. The van der Waals surface area contributed by atoms with Gasteiger partial charge in [-0.05, 0) is 47.5 Å². The molecule has 0 amide bonds. The number of carboxylic acids is 1. The number of rotatable bonds is 6. The molecule has 146 valence electrons. The number of para-hydroxylation sites is 1. The van der Waals surface area contributed by atoms with E-state index in [1.165, 1.54) is 0 Å². The summed E-state index contributed by atoms with van der Waals surface area (Å²) in [5.41, 5.74) is 8.12. The fourth-order valence-electron chi connectivity index (χ4n) is 2.57. The van der Waals surface area contributed by atoms with Crippen LogP contribution >= 0.6 is 0 Å². The number of aromatic nitrogens is 1. The van der Waals surface area contributed by atoms with E-state index in [0.29, 0.717) is 22.6 Å². The van der Waals surface area contributed by atoms with Gasteiger partial charge in [0.05, 0.1) is 20.6 Å². The van der Waals surface area contributed by atoms with E-state index in [2.05, 4.69) is 6.58 Å². The van der Waals surface area contributed by atoms with Crippen molar-refractivity contribution in [1.82, 2.24) is 4.57 Å². The van der Waals surface area contributed by atoms with Crippen molar-refractivity contribution in [3.8, 4) is 17.2 Å². The molecular formula is C22H24N2O4. The van der Waals surface area contributed by atoms with E-state index in [4.69, 9.17) is 20.3 Å². The number of methoxy groups -OCH3 is 2. The molecule has 0 spiro atoms. The zero-order chi connectivity index (χ0) is 20.5. The summed E-state index contributed by atoms with van der Waals surface area (Å²) in [4.78, 5) is 10.8. The van der Waals surface area contributed by atoms with Crippen LogP contribution in [-0.2, 0) is 4.79 Å². The van der Waals surface area contributed by atoms with Gasteiger partial charge in [-0.2, -0.15) is 0 Å². The molecule has 0 saturated carbocycles. The number of anilines is 1. The van der Waals surface area contributed by atoms with Crippen LogP contribution in [0.3, 0.4) is 0 Å². The van der Waals surface area contributed by atoms with E-state index < -0.39 is 5.97 Å². The van der Waals surface area contributed by atoms with Crippen LogP contribution in [0.5, 0.6) is 11.5 Å². The molecule has 0 bridgehead atoms. The van der Waals surface area contributed by atoms with Crippen LogP contribution in [0.1, 0.15) is 12.0 Å². The summed E-state index contributed by atoms with van der Waals surface area (Å²) in [7, 11) is 3.12. The normalized spacial score (nSPS) is 9.79.